The maximum Gasteiger partial charge on any atom is 0.338 e. The highest BCUT2D eigenvalue weighted by atomic mass is 16.5. The van der Waals surface area contributed by atoms with Crippen LogP contribution in [0.5, 0.6) is 11.5 Å². The van der Waals surface area contributed by atoms with E-state index in [1.165, 1.54) is 19.2 Å². The zero-order chi connectivity index (χ0) is 19.9. The lowest BCUT2D eigenvalue weighted by Gasteiger charge is -2.20. The monoisotopic (exact) mass is 366 g/mol. The van der Waals surface area contributed by atoms with Crippen LogP contribution in [-0.2, 0) is 9.53 Å². The molecular formula is C18H26N2O6. The zero-order valence-corrected chi connectivity index (χ0v) is 16.0. The molecule has 1 rings (SSSR count). The lowest BCUT2D eigenvalue weighted by atomic mass is 10.1. The van der Waals surface area contributed by atoms with E-state index < -0.39 is 30.1 Å². The molecule has 0 aliphatic heterocycles. The molecule has 2 N–H and O–H groups in total. The zero-order valence-electron chi connectivity index (χ0n) is 16.0. The average Bonchev–Trinajstić information content (AvgIpc) is 2.50. The smallest absolute Gasteiger partial charge is 0.338 e. The first-order chi connectivity index (χ1) is 12.0. The number of hydrogen-bond donors (Lipinski definition) is 2. The Kier molecular flexibility index (Phi) is 7.42. The van der Waals surface area contributed by atoms with E-state index in [0.717, 1.165) is 0 Å². The predicted octanol–water partition coefficient (Wildman–Crippen LogP) is 2.26. The molecular weight excluding hydrogens is 340 g/mol. The Bertz CT molecular complexity index is 664. The maximum atomic E-state index is 12.1. The van der Waals surface area contributed by atoms with Gasteiger partial charge in [0.2, 0.25) is 0 Å². The van der Waals surface area contributed by atoms with E-state index in [0.29, 0.717) is 11.5 Å². The van der Waals surface area contributed by atoms with Gasteiger partial charge in [0, 0.05) is 5.54 Å². The highest BCUT2D eigenvalue weighted by Crippen LogP contribution is 2.29. The number of imide groups is 1. The Balaban J connectivity index is 2.62. The normalized spacial score (nSPS) is 10.9. The molecule has 8 heteroatoms. The van der Waals surface area contributed by atoms with Gasteiger partial charge in [-0.05, 0) is 52.8 Å². The first kappa shape index (κ1) is 21.3. The van der Waals surface area contributed by atoms with Crippen LogP contribution >= 0.6 is 0 Å². The number of benzene rings is 1. The molecule has 0 fully saturated rings. The Morgan fingerprint density at radius 3 is 2.31 bits per heavy atom. The standard InChI is InChI=1S/C18H26N2O6/c1-11(2)26-13-8-7-12(9-14(13)24-6)16(22)25-10-15(21)19-17(23)20-18(3,4)5/h7-9,11H,10H2,1-6H3,(H2,19,20,21,23). The van der Waals surface area contributed by atoms with Crippen LogP contribution in [0, 0.1) is 0 Å². The summed E-state index contributed by atoms with van der Waals surface area (Å²) in [4.78, 5) is 35.3. The van der Waals surface area contributed by atoms with E-state index in [1.54, 1.807) is 26.8 Å². The van der Waals surface area contributed by atoms with Crippen molar-refractivity contribution < 1.29 is 28.6 Å². The van der Waals surface area contributed by atoms with Gasteiger partial charge in [0.1, 0.15) is 0 Å². The summed E-state index contributed by atoms with van der Waals surface area (Å²) in [5.41, 5.74) is -0.290. The minimum absolute atomic E-state index is 0.0513. The van der Waals surface area contributed by atoms with Crippen molar-refractivity contribution in [2.45, 2.75) is 46.3 Å². The molecule has 1 aromatic rings. The third-order valence-electron chi connectivity index (χ3n) is 2.84. The minimum Gasteiger partial charge on any atom is -0.493 e. The number of urea groups is 1. The van der Waals surface area contributed by atoms with Gasteiger partial charge in [-0.15, -0.1) is 0 Å². The van der Waals surface area contributed by atoms with Crippen molar-refractivity contribution in [2.75, 3.05) is 13.7 Å². The van der Waals surface area contributed by atoms with Gasteiger partial charge in [-0.2, -0.15) is 0 Å². The number of esters is 1. The van der Waals surface area contributed by atoms with Crippen LogP contribution in [0.4, 0.5) is 4.79 Å². The number of nitrogens with one attached hydrogen (secondary N) is 2. The Morgan fingerprint density at radius 1 is 1.12 bits per heavy atom. The van der Waals surface area contributed by atoms with Gasteiger partial charge < -0.3 is 19.5 Å². The van der Waals surface area contributed by atoms with E-state index in [9.17, 15) is 14.4 Å². The molecule has 0 spiro atoms. The summed E-state index contributed by atoms with van der Waals surface area (Å²) in [6, 6.07) is 3.90. The largest absolute Gasteiger partial charge is 0.493 e. The number of carbonyl (C=O) groups is 3. The molecule has 0 aliphatic rings. The lowest BCUT2D eigenvalue weighted by molar-refractivity contribution is -0.123. The molecule has 0 bridgehead atoms. The second-order valence-corrected chi connectivity index (χ2v) is 6.86. The summed E-state index contributed by atoms with van der Waals surface area (Å²) in [5, 5.41) is 4.65. The molecule has 0 unspecified atom stereocenters. The van der Waals surface area contributed by atoms with Crippen molar-refractivity contribution in [1.82, 2.24) is 10.6 Å². The maximum absolute atomic E-state index is 12.1. The predicted molar refractivity (Wildman–Crippen MR) is 95.5 cm³/mol. The Labute approximate surface area is 153 Å². The van der Waals surface area contributed by atoms with E-state index in [4.69, 9.17) is 14.2 Å². The summed E-state index contributed by atoms with van der Waals surface area (Å²) in [7, 11) is 1.46. The van der Waals surface area contributed by atoms with Crippen molar-refractivity contribution in [3.8, 4) is 11.5 Å². The summed E-state index contributed by atoms with van der Waals surface area (Å²) < 4.78 is 15.7. The molecule has 0 radical (unpaired) electrons. The summed E-state index contributed by atoms with van der Waals surface area (Å²) in [6.07, 6.45) is -0.0513. The van der Waals surface area contributed by atoms with Gasteiger partial charge in [-0.25, -0.2) is 9.59 Å². The van der Waals surface area contributed by atoms with Crippen molar-refractivity contribution >= 4 is 17.9 Å². The fourth-order valence-corrected chi connectivity index (χ4v) is 1.89. The number of ether oxygens (including phenoxy) is 3. The first-order valence-corrected chi connectivity index (χ1v) is 8.15. The molecule has 0 heterocycles. The van der Waals surface area contributed by atoms with Crippen LogP contribution in [0.3, 0.4) is 0 Å². The topological polar surface area (TPSA) is 103 Å². The summed E-state index contributed by atoms with van der Waals surface area (Å²) in [5.74, 6) is -0.574. The molecule has 26 heavy (non-hydrogen) atoms. The van der Waals surface area contributed by atoms with Crippen LogP contribution in [0.15, 0.2) is 18.2 Å². The number of rotatable bonds is 6. The molecule has 0 aliphatic carbocycles. The van der Waals surface area contributed by atoms with Crippen molar-refractivity contribution in [2.24, 2.45) is 0 Å². The van der Waals surface area contributed by atoms with E-state index >= 15 is 0 Å². The van der Waals surface area contributed by atoms with Gasteiger partial charge in [0.25, 0.3) is 5.91 Å². The van der Waals surface area contributed by atoms with Gasteiger partial charge in [-0.1, -0.05) is 0 Å². The highest BCUT2D eigenvalue weighted by Gasteiger charge is 2.18. The molecule has 0 saturated heterocycles. The molecule has 0 aromatic heterocycles. The van der Waals surface area contributed by atoms with Crippen LogP contribution < -0.4 is 20.1 Å². The number of methoxy groups -OCH3 is 1. The summed E-state index contributed by atoms with van der Waals surface area (Å²) in [6.45, 7) is 8.49. The second-order valence-electron chi connectivity index (χ2n) is 6.86. The molecule has 1 aromatic carbocycles. The van der Waals surface area contributed by atoms with Crippen LogP contribution in [0.2, 0.25) is 0 Å². The molecule has 144 valence electrons. The van der Waals surface area contributed by atoms with E-state index in [1.807, 2.05) is 13.8 Å². The van der Waals surface area contributed by atoms with Crippen LogP contribution in [0.25, 0.3) is 0 Å². The fourth-order valence-electron chi connectivity index (χ4n) is 1.89. The Hall–Kier alpha value is -2.77. The van der Waals surface area contributed by atoms with Gasteiger partial charge in [-0.3, -0.25) is 10.1 Å². The molecule has 0 atom stereocenters. The number of carbonyl (C=O) groups excluding carboxylic acids is 3. The van der Waals surface area contributed by atoms with E-state index in [2.05, 4.69) is 10.6 Å². The Morgan fingerprint density at radius 2 is 1.77 bits per heavy atom. The fraction of sp³-hybridized carbons (Fsp3) is 0.500. The SMILES string of the molecule is COc1cc(C(=O)OCC(=O)NC(=O)NC(C)(C)C)ccc1OC(C)C. The molecule has 0 saturated carbocycles. The van der Waals surface area contributed by atoms with Gasteiger partial charge >= 0.3 is 12.0 Å². The average molecular weight is 366 g/mol. The van der Waals surface area contributed by atoms with Crippen molar-refractivity contribution in [3.63, 3.8) is 0 Å². The molecule has 3 amide bonds. The van der Waals surface area contributed by atoms with Crippen molar-refractivity contribution in [1.29, 1.82) is 0 Å². The van der Waals surface area contributed by atoms with E-state index in [-0.39, 0.29) is 11.7 Å². The van der Waals surface area contributed by atoms with Gasteiger partial charge in [0.05, 0.1) is 18.8 Å². The lowest BCUT2D eigenvalue weighted by Crippen LogP contribution is -2.49. The highest BCUT2D eigenvalue weighted by molar-refractivity contribution is 5.97. The minimum atomic E-state index is -0.730. The van der Waals surface area contributed by atoms with Crippen LogP contribution in [-0.4, -0.2) is 43.3 Å². The quantitative estimate of drug-likeness (QED) is 0.749. The number of amides is 3. The van der Waals surface area contributed by atoms with Crippen molar-refractivity contribution in [3.05, 3.63) is 23.8 Å². The molecule has 8 nitrogen and oxygen atoms in total. The first-order valence-electron chi connectivity index (χ1n) is 8.15. The van der Waals surface area contributed by atoms with Crippen LogP contribution in [0.1, 0.15) is 45.0 Å². The third-order valence-corrected chi connectivity index (χ3v) is 2.84. The number of hydrogen-bond acceptors (Lipinski definition) is 6. The van der Waals surface area contributed by atoms with Gasteiger partial charge in [0.15, 0.2) is 18.1 Å². The second kappa shape index (κ2) is 9.07. The summed E-state index contributed by atoms with van der Waals surface area (Å²) >= 11 is 0. The third kappa shape index (κ3) is 7.42.